The van der Waals surface area contributed by atoms with Gasteiger partial charge in [-0.1, -0.05) is 13.3 Å². The monoisotopic (exact) mass is 234 g/mol. The molecule has 4 nitrogen and oxygen atoms in total. The van der Waals surface area contributed by atoms with Crippen molar-refractivity contribution in [2.75, 3.05) is 12.0 Å². The van der Waals surface area contributed by atoms with Crippen molar-refractivity contribution >= 4 is 5.82 Å². The number of hydrazine groups is 1. The normalized spacial score (nSPS) is 21.4. The second kappa shape index (κ2) is 5.98. The van der Waals surface area contributed by atoms with E-state index >= 15 is 0 Å². The highest BCUT2D eigenvalue weighted by Crippen LogP contribution is 2.22. The van der Waals surface area contributed by atoms with Crippen LogP contribution in [0.15, 0.2) is 18.3 Å². The summed E-state index contributed by atoms with van der Waals surface area (Å²) in [5.74, 6) is 6.12. The maximum absolute atomic E-state index is 5.38. The summed E-state index contributed by atoms with van der Waals surface area (Å²) in [6.07, 6.45) is 7.09. The lowest BCUT2D eigenvalue weighted by Crippen LogP contribution is -2.38. The summed E-state index contributed by atoms with van der Waals surface area (Å²) in [5, 5.41) is 0. The molecular weight excluding hydrogens is 212 g/mol. The number of aromatic nitrogens is 1. The van der Waals surface area contributed by atoms with Crippen LogP contribution in [-0.4, -0.2) is 22.5 Å². The highest BCUT2D eigenvalue weighted by molar-refractivity contribution is 5.35. The zero-order valence-electron chi connectivity index (χ0n) is 10.5. The van der Waals surface area contributed by atoms with Crippen molar-refractivity contribution in [1.82, 2.24) is 9.88 Å². The Hall–Kier alpha value is -1.13. The number of nitrogens with zero attached hydrogens (tertiary/aromatic N) is 2. The Labute approximate surface area is 103 Å². The molecule has 0 aromatic carbocycles. The van der Waals surface area contributed by atoms with Crippen molar-refractivity contribution in [1.29, 1.82) is 0 Å². The maximum atomic E-state index is 5.38. The molecule has 1 unspecified atom stereocenters. The van der Waals surface area contributed by atoms with Gasteiger partial charge in [0, 0.05) is 18.8 Å². The SMILES string of the molecule is CCC1CCCCN1Cc1ccnc(NN)c1. The Bertz CT molecular complexity index is 353. The Kier molecular flexibility index (Phi) is 4.34. The van der Waals surface area contributed by atoms with Gasteiger partial charge in [0.1, 0.15) is 5.82 Å². The standard InChI is InChI=1S/C13H22N4/c1-2-12-5-3-4-8-17(12)10-11-6-7-15-13(9-11)16-14/h6-7,9,12H,2-5,8,10,14H2,1H3,(H,15,16). The largest absolute Gasteiger partial charge is 0.308 e. The lowest BCUT2D eigenvalue weighted by Gasteiger charge is -2.35. The molecule has 3 N–H and O–H groups in total. The van der Waals surface area contributed by atoms with Gasteiger partial charge in [0.2, 0.25) is 0 Å². The zero-order chi connectivity index (χ0) is 12.1. The van der Waals surface area contributed by atoms with Gasteiger partial charge >= 0.3 is 0 Å². The highest BCUT2D eigenvalue weighted by Gasteiger charge is 2.20. The molecule has 0 amide bonds. The predicted molar refractivity (Wildman–Crippen MR) is 70.4 cm³/mol. The average Bonchev–Trinajstić information content (AvgIpc) is 2.39. The molecule has 0 aliphatic carbocycles. The first-order chi connectivity index (χ1) is 8.33. The third-order valence-electron chi connectivity index (χ3n) is 3.58. The number of nitrogen functional groups attached to an aromatic ring is 1. The van der Waals surface area contributed by atoms with Crippen molar-refractivity contribution in [3.63, 3.8) is 0 Å². The van der Waals surface area contributed by atoms with Crippen LogP contribution in [-0.2, 0) is 6.54 Å². The van der Waals surface area contributed by atoms with E-state index < -0.39 is 0 Å². The van der Waals surface area contributed by atoms with Gasteiger partial charge in [0.15, 0.2) is 0 Å². The van der Waals surface area contributed by atoms with Crippen LogP contribution in [0.4, 0.5) is 5.82 Å². The van der Waals surface area contributed by atoms with E-state index in [-0.39, 0.29) is 0 Å². The van der Waals surface area contributed by atoms with Crippen molar-refractivity contribution in [3.8, 4) is 0 Å². The van der Waals surface area contributed by atoms with Gasteiger partial charge in [0.25, 0.3) is 0 Å². The number of hydrogen-bond acceptors (Lipinski definition) is 4. The third-order valence-corrected chi connectivity index (χ3v) is 3.58. The fraction of sp³-hybridized carbons (Fsp3) is 0.615. The Morgan fingerprint density at radius 1 is 1.53 bits per heavy atom. The van der Waals surface area contributed by atoms with Gasteiger partial charge in [-0.2, -0.15) is 0 Å². The molecule has 2 heterocycles. The molecule has 1 fully saturated rings. The second-order valence-corrected chi connectivity index (χ2v) is 4.72. The molecule has 1 atom stereocenters. The molecule has 0 saturated carbocycles. The van der Waals surface area contributed by atoms with Crippen LogP contribution in [0.2, 0.25) is 0 Å². The van der Waals surface area contributed by atoms with Crippen molar-refractivity contribution in [2.45, 2.75) is 45.2 Å². The first kappa shape index (κ1) is 12.3. The molecular formula is C13H22N4. The van der Waals surface area contributed by atoms with E-state index in [2.05, 4.69) is 28.3 Å². The molecule has 2 rings (SSSR count). The molecule has 1 aromatic rings. The molecule has 0 spiro atoms. The molecule has 17 heavy (non-hydrogen) atoms. The van der Waals surface area contributed by atoms with Crippen molar-refractivity contribution < 1.29 is 0 Å². The quantitative estimate of drug-likeness (QED) is 0.619. The summed E-state index contributed by atoms with van der Waals surface area (Å²) in [6, 6.07) is 4.84. The fourth-order valence-electron chi connectivity index (χ4n) is 2.62. The number of pyridine rings is 1. The molecule has 94 valence electrons. The second-order valence-electron chi connectivity index (χ2n) is 4.72. The number of anilines is 1. The van der Waals surface area contributed by atoms with E-state index in [9.17, 15) is 0 Å². The Morgan fingerprint density at radius 3 is 3.18 bits per heavy atom. The summed E-state index contributed by atoms with van der Waals surface area (Å²) in [4.78, 5) is 6.72. The first-order valence-electron chi connectivity index (χ1n) is 6.49. The van der Waals surface area contributed by atoms with E-state index in [1.165, 1.54) is 37.8 Å². The van der Waals surface area contributed by atoms with Gasteiger partial charge in [-0.25, -0.2) is 10.8 Å². The fourth-order valence-corrected chi connectivity index (χ4v) is 2.62. The van der Waals surface area contributed by atoms with Gasteiger partial charge in [-0.15, -0.1) is 0 Å². The van der Waals surface area contributed by atoms with E-state index in [1.807, 2.05) is 12.3 Å². The van der Waals surface area contributed by atoms with Gasteiger partial charge in [-0.05, 0) is 43.5 Å². The Morgan fingerprint density at radius 2 is 2.41 bits per heavy atom. The van der Waals surface area contributed by atoms with Crippen LogP contribution < -0.4 is 11.3 Å². The van der Waals surface area contributed by atoms with Gasteiger partial charge in [-0.3, -0.25) is 4.90 Å². The van der Waals surface area contributed by atoms with Gasteiger partial charge in [0.05, 0.1) is 0 Å². The highest BCUT2D eigenvalue weighted by atomic mass is 15.2. The lowest BCUT2D eigenvalue weighted by atomic mass is 9.99. The molecule has 4 heteroatoms. The van der Waals surface area contributed by atoms with E-state index in [1.54, 1.807) is 0 Å². The van der Waals surface area contributed by atoms with E-state index in [4.69, 9.17) is 5.84 Å². The number of likely N-dealkylation sites (tertiary alicyclic amines) is 1. The van der Waals surface area contributed by atoms with Crippen LogP contribution in [0.1, 0.15) is 38.2 Å². The van der Waals surface area contributed by atoms with Crippen LogP contribution in [0.3, 0.4) is 0 Å². The summed E-state index contributed by atoms with van der Waals surface area (Å²) in [7, 11) is 0. The van der Waals surface area contributed by atoms with Crippen LogP contribution in [0, 0.1) is 0 Å². The minimum atomic E-state index is 0.742. The van der Waals surface area contributed by atoms with Crippen molar-refractivity contribution in [2.24, 2.45) is 5.84 Å². The molecule has 0 radical (unpaired) electrons. The van der Waals surface area contributed by atoms with Gasteiger partial charge < -0.3 is 5.43 Å². The van der Waals surface area contributed by atoms with E-state index in [0.29, 0.717) is 0 Å². The first-order valence-corrected chi connectivity index (χ1v) is 6.49. The molecule has 1 aromatic heterocycles. The molecule has 1 saturated heterocycles. The van der Waals surface area contributed by atoms with Crippen LogP contribution >= 0.6 is 0 Å². The number of nitrogens with two attached hydrogens (primary N) is 1. The summed E-state index contributed by atoms with van der Waals surface area (Å²) < 4.78 is 0. The summed E-state index contributed by atoms with van der Waals surface area (Å²) in [6.45, 7) is 4.50. The lowest BCUT2D eigenvalue weighted by molar-refractivity contribution is 0.136. The maximum Gasteiger partial charge on any atom is 0.140 e. The summed E-state index contributed by atoms with van der Waals surface area (Å²) >= 11 is 0. The number of nitrogens with one attached hydrogen (secondary N) is 1. The van der Waals surface area contributed by atoms with Crippen LogP contribution in [0.5, 0.6) is 0 Å². The zero-order valence-corrected chi connectivity index (χ0v) is 10.5. The average molecular weight is 234 g/mol. The Balaban J connectivity index is 2.02. The number of hydrogen-bond donors (Lipinski definition) is 2. The molecule has 1 aliphatic rings. The summed E-state index contributed by atoms with van der Waals surface area (Å²) in [5.41, 5.74) is 3.89. The minimum absolute atomic E-state index is 0.742. The van der Waals surface area contributed by atoms with Crippen LogP contribution in [0.25, 0.3) is 0 Å². The van der Waals surface area contributed by atoms with Crippen molar-refractivity contribution in [3.05, 3.63) is 23.9 Å². The predicted octanol–water partition coefficient (Wildman–Crippen LogP) is 2.13. The minimum Gasteiger partial charge on any atom is -0.308 e. The number of rotatable bonds is 4. The third kappa shape index (κ3) is 3.17. The smallest absolute Gasteiger partial charge is 0.140 e. The number of piperidine rings is 1. The topological polar surface area (TPSA) is 54.2 Å². The van der Waals surface area contributed by atoms with E-state index in [0.717, 1.165) is 18.4 Å². The molecule has 1 aliphatic heterocycles. The molecule has 0 bridgehead atoms.